The maximum absolute atomic E-state index is 8.08. The fraction of sp³-hybridized carbons (Fsp3) is 0. The smallest absolute Gasteiger partial charge is 0.0229 e. The summed E-state index contributed by atoms with van der Waals surface area (Å²) in [5, 5.41) is 0. The van der Waals surface area contributed by atoms with Gasteiger partial charge in [0.1, 0.15) is 0 Å². The molecule has 0 heterocycles. The minimum atomic E-state index is -0.547. The summed E-state index contributed by atoms with van der Waals surface area (Å²) in [5.41, 5.74) is 0. The van der Waals surface area contributed by atoms with Gasteiger partial charge in [0.05, 0.1) is 0 Å². The fourth-order valence-electron chi connectivity index (χ4n) is 1.25. The molecular weight excluding hydrogens is 241 g/mol. The number of hydrogen-bond donors (Lipinski definition) is 1. The topological polar surface area (TPSA) is 23.9 Å². The summed E-state index contributed by atoms with van der Waals surface area (Å²) >= 11 is 0. The van der Waals surface area contributed by atoms with E-state index >= 15 is 0 Å². The van der Waals surface area contributed by atoms with Gasteiger partial charge in [-0.25, -0.2) is 0 Å². The third-order valence-corrected chi connectivity index (χ3v) is 3.44. The van der Waals surface area contributed by atoms with Gasteiger partial charge in [-0.15, -0.1) is 0 Å². The Bertz CT molecular complexity index is 386. The van der Waals surface area contributed by atoms with E-state index in [0.29, 0.717) is 0 Å². The molecule has 0 spiro atoms. The molecule has 0 aliphatic carbocycles. The molecule has 0 aromatic heterocycles. The molecule has 2 rings (SSSR count). The van der Waals surface area contributed by atoms with Gasteiger partial charge in [0.25, 0.3) is 0 Å². The van der Waals surface area contributed by atoms with Crippen LogP contribution in [-0.2, 0) is 29.2 Å². The second-order valence-electron chi connectivity index (χ2n) is 2.93. The van der Waals surface area contributed by atoms with Gasteiger partial charge >= 0.3 is 0 Å². The standard InChI is InChI=1S/C12H11NS.V/c13-14(11-7-3-1-4-8-11)12-9-5-2-6-10-12;/h1-10,13H;. The quantitative estimate of drug-likeness (QED) is 0.846. The van der Waals surface area contributed by atoms with Gasteiger partial charge in [-0.1, -0.05) is 36.4 Å². The summed E-state index contributed by atoms with van der Waals surface area (Å²) in [6.07, 6.45) is 0. The number of rotatable bonds is 2. The van der Waals surface area contributed by atoms with Crippen molar-refractivity contribution in [1.29, 1.82) is 4.78 Å². The Morgan fingerprint density at radius 2 is 1.00 bits per heavy atom. The molecule has 0 unspecified atom stereocenters. The van der Waals surface area contributed by atoms with Crippen molar-refractivity contribution in [3.63, 3.8) is 0 Å². The van der Waals surface area contributed by atoms with E-state index in [1.807, 2.05) is 60.7 Å². The Morgan fingerprint density at radius 3 is 1.33 bits per heavy atom. The molecule has 1 N–H and O–H groups in total. The van der Waals surface area contributed by atoms with Crippen molar-refractivity contribution in [2.45, 2.75) is 9.79 Å². The maximum Gasteiger partial charge on any atom is 0.0229 e. The Morgan fingerprint density at radius 1 is 0.667 bits per heavy atom. The van der Waals surface area contributed by atoms with E-state index in [1.54, 1.807) is 0 Å². The third kappa shape index (κ3) is 3.06. The van der Waals surface area contributed by atoms with Crippen LogP contribution in [0.25, 0.3) is 0 Å². The summed E-state index contributed by atoms with van der Waals surface area (Å²) in [4.78, 5) is 2.14. The first kappa shape index (κ1) is 12.2. The van der Waals surface area contributed by atoms with Crippen molar-refractivity contribution < 1.29 is 18.6 Å². The summed E-state index contributed by atoms with van der Waals surface area (Å²) in [5.74, 6) is 0. The van der Waals surface area contributed by atoms with Crippen molar-refractivity contribution >= 4 is 10.7 Å². The van der Waals surface area contributed by atoms with Gasteiger partial charge in [0.15, 0.2) is 0 Å². The molecule has 1 nitrogen and oxygen atoms in total. The number of nitrogens with one attached hydrogen (secondary N) is 1. The van der Waals surface area contributed by atoms with Gasteiger partial charge < -0.3 is 0 Å². The molecular formula is C12H11NSV. The van der Waals surface area contributed by atoms with E-state index in [0.717, 1.165) is 9.79 Å². The van der Waals surface area contributed by atoms with Gasteiger partial charge in [0.2, 0.25) is 0 Å². The average molecular weight is 252 g/mol. The zero-order chi connectivity index (χ0) is 9.80. The fourth-order valence-corrected chi connectivity index (χ4v) is 2.38. The number of benzene rings is 2. The molecule has 0 aliphatic rings. The van der Waals surface area contributed by atoms with Gasteiger partial charge in [-0.3, -0.25) is 4.78 Å². The Labute approximate surface area is 104 Å². The van der Waals surface area contributed by atoms with Gasteiger partial charge in [-0.2, -0.15) is 0 Å². The van der Waals surface area contributed by atoms with Crippen LogP contribution in [0, 0.1) is 4.78 Å². The summed E-state index contributed by atoms with van der Waals surface area (Å²) in [6, 6.07) is 19.9. The van der Waals surface area contributed by atoms with Crippen molar-refractivity contribution in [3.05, 3.63) is 60.7 Å². The van der Waals surface area contributed by atoms with Gasteiger partial charge in [0, 0.05) is 28.3 Å². The SMILES string of the molecule is N=S(c1ccccc1)c1ccccc1.[V]. The molecule has 0 aliphatic heterocycles. The first-order valence-corrected chi connectivity index (χ1v) is 5.66. The average Bonchev–Trinajstić information content (AvgIpc) is 2.30. The van der Waals surface area contributed by atoms with Crippen LogP contribution in [-0.4, -0.2) is 0 Å². The molecule has 15 heavy (non-hydrogen) atoms. The second kappa shape index (κ2) is 5.91. The van der Waals surface area contributed by atoms with E-state index in [2.05, 4.69) is 0 Å². The van der Waals surface area contributed by atoms with Crippen LogP contribution in [0.2, 0.25) is 0 Å². The molecule has 0 atom stereocenters. The minimum absolute atomic E-state index is 0. The molecule has 0 amide bonds. The molecule has 1 radical (unpaired) electrons. The van der Waals surface area contributed by atoms with Gasteiger partial charge in [-0.05, 0) is 35.0 Å². The van der Waals surface area contributed by atoms with Crippen LogP contribution in [0.3, 0.4) is 0 Å². The van der Waals surface area contributed by atoms with E-state index < -0.39 is 10.7 Å². The first-order valence-electron chi connectivity index (χ1n) is 4.43. The maximum atomic E-state index is 8.08. The molecule has 0 saturated carbocycles. The minimum Gasteiger partial charge on any atom is -0.271 e. The predicted molar refractivity (Wildman–Crippen MR) is 59.5 cm³/mol. The summed E-state index contributed by atoms with van der Waals surface area (Å²) in [7, 11) is -0.547. The van der Waals surface area contributed by atoms with Crippen LogP contribution < -0.4 is 0 Å². The molecule has 0 saturated heterocycles. The predicted octanol–water partition coefficient (Wildman–Crippen LogP) is 3.48. The van der Waals surface area contributed by atoms with E-state index in [4.69, 9.17) is 4.78 Å². The molecule has 75 valence electrons. The second-order valence-corrected chi connectivity index (χ2v) is 4.49. The van der Waals surface area contributed by atoms with Crippen LogP contribution >= 0.6 is 0 Å². The zero-order valence-corrected chi connectivity index (χ0v) is 10.3. The van der Waals surface area contributed by atoms with Crippen molar-refractivity contribution in [1.82, 2.24) is 0 Å². The number of hydrogen-bond acceptors (Lipinski definition) is 1. The van der Waals surface area contributed by atoms with Crippen LogP contribution in [0.4, 0.5) is 0 Å². The Kier molecular flexibility index (Phi) is 4.83. The van der Waals surface area contributed by atoms with E-state index in [-0.39, 0.29) is 18.6 Å². The molecule has 2 aromatic carbocycles. The molecule has 0 bridgehead atoms. The van der Waals surface area contributed by atoms with Crippen LogP contribution in [0.15, 0.2) is 70.5 Å². The van der Waals surface area contributed by atoms with Crippen LogP contribution in [0.1, 0.15) is 0 Å². The Hall–Kier alpha value is -0.826. The normalized spacial score (nSPS) is 9.67. The third-order valence-electron chi connectivity index (χ3n) is 1.96. The van der Waals surface area contributed by atoms with Crippen molar-refractivity contribution in [2.75, 3.05) is 0 Å². The molecule has 0 fully saturated rings. The van der Waals surface area contributed by atoms with Crippen LogP contribution in [0.5, 0.6) is 0 Å². The molecule has 3 heteroatoms. The van der Waals surface area contributed by atoms with E-state index in [1.165, 1.54) is 0 Å². The van der Waals surface area contributed by atoms with Crippen molar-refractivity contribution in [3.8, 4) is 0 Å². The monoisotopic (exact) mass is 252 g/mol. The molecule has 2 aromatic rings. The van der Waals surface area contributed by atoms with Crippen molar-refractivity contribution in [2.24, 2.45) is 0 Å². The summed E-state index contributed by atoms with van der Waals surface area (Å²) < 4.78 is 8.08. The first-order chi connectivity index (χ1) is 6.88. The largest absolute Gasteiger partial charge is 0.271 e. The zero-order valence-electron chi connectivity index (χ0n) is 8.13. The Balaban J connectivity index is 0.00000112. The van der Waals surface area contributed by atoms with E-state index in [9.17, 15) is 0 Å². The summed E-state index contributed by atoms with van der Waals surface area (Å²) in [6.45, 7) is 0.